The van der Waals surface area contributed by atoms with Crippen molar-refractivity contribution in [3.63, 3.8) is 0 Å². The van der Waals surface area contributed by atoms with Crippen LogP contribution >= 0.6 is 0 Å². The molecule has 2 aliphatic heterocycles. The number of imide groups is 1. The van der Waals surface area contributed by atoms with Crippen molar-refractivity contribution in [1.82, 2.24) is 10.2 Å². The van der Waals surface area contributed by atoms with Gasteiger partial charge in [-0.15, -0.1) is 0 Å². The maximum Gasteiger partial charge on any atom is 0.326 e. The lowest BCUT2D eigenvalue weighted by atomic mass is 9.80. The molecular formula is C20H20N2O5. The second-order valence-corrected chi connectivity index (χ2v) is 7.16. The number of fused-ring (bicyclic) bond motifs is 1. The Labute approximate surface area is 156 Å². The highest BCUT2D eigenvalue weighted by molar-refractivity contribution is 6.09. The first-order valence-electron chi connectivity index (χ1n) is 8.70. The minimum atomic E-state index is -1.28. The molecule has 0 radical (unpaired) electrons. The molecule has 0 unspecified atom stereocenters. The Morgan fingerprint density at radius 2 is 2.00 bits per heavy atom. The van der Waals surface area contributed by atoms with E-state index in [0.29, 0.717) is 5.76 Å². The number of ether oxygens (including phenoxy) is 1. The summed E-state index contributed by atoms with van der Waals surface area (Å²) in [6.07, 6.45) is 1.59. The molecule has 2 aliphatic rings. The molecule has 2 fully saturated rings. The molecule has 27 heavy (non-hydrogen) atoms. The molecule has 4 atom stereocenters. The fourth-order valence-electron chi connectivity index (χ4n) is 4.30. The Hall–Kier alpha value is -2.93. The normalized spacial score (nSPS) is 29.9. The minimum Gasteiger partial charge on any atom is -0.468 e. The van der Waals surface area contributed by atoms with Gasteiger partial charge in [0.2, 0.25) is 11.8 Å². The first kappa shape index (κ1) is 17.5. The van der Waals surface area contributed by atoms with Crippen molar-refractivity contribution in [2.75, 3.05) is 14.2 Å². The predicted molar refractivity (Wildman–Crippen MR) is 95.2 cm³/mol. The van der Waals surface area contributed by atoms with E-state index >= 15 is 0 Å². The highest BCUT2D eigenvalue weighted by Crippen LogP contribution is 2.48. The zero-order valence-electron chi connectivity index (χ0n) is 15.3. The van der Waals surface area contributed by atoms with Crippen LogP contribution in [0.25, 0.3) is 11.3 Å². The van der Waals surface area contributed by atoms with Crippen LogP contribution in [0.3, 0.4) is 0 Å². The number of amides is 2. The van der Waals surface area contributed by atoms with Crippen LogP contribution in [0.1, 0.15) is 18.5 Å². The Balaban J connectivity index is 1.80. The third kappa shape index (κ3) is 2.42. The first-order chi connectivity index (χ1) is 12.9. The molecule has 2 amide bonds. The van der Waals surface area contributed by atoms with Gasteiger partial charge in [0.15, 0.2) is 0 Å². The molecule has 0 bridgehead atoms. The Bertz CT molecular complexity index is 922. The van der Waals surface area contributed by atoms with Crippen LogP contribution in [-0.4, -0.2) is 42.4 Å². The smallest absolute Gasteiger partial charge is 0.326 e. The van der Waals surface area contributed by atoms with Crippen molar-refractivity contribution in [2.45, 2.75) is 18.5 Å². The molecule has 1 aromatic heterocycles. The third-order valence-electron chi connectivity index (χ3n) is 5.67. The minimum absolute atomic E-state index is 0.293. The van der Waals surface area contributed by atoms with Crippen LogP contribution in [-0.2, 0) is 19.1 Å². The van der Waals surface area contributed by atoms with E-state index in [4.69, 9.17) is 9.15 Å². The average molecular weight is 368 g/mol. The number of hydrogen-bond acceptors (Lipinski definition) is 6. The molecule has 2 aromatic rings. The van der Waals surface area contributed by atoms with Gasteiger partial charge in [0.1, 0.15) is 11.3 Å². The number of nitrogens with zero attached hydrogens (tertiary/aromatic N) is 1. The summed E-state index contributed by atoms with van der Waals surface area (Å²) in [6.45, 7) is 1.62. The average Bonchev–Trinajstić information content (AvgIpc) is 3.37. The van der Waals surface area contributed by atoms with E-state index in [9.17, 15) is 14.4 Å². The van der Waals surface area contributed by atoms with E-state index < -0.39 is 29.4 Å². The van der Waals surface area contributed by atoms with Gasteiger partial charge in [-0.05, 0) is 30.7 Å². The number of likely N-dealkylation sites (tertiary alicyclic amines) is 1. The zero-order valence-corrected chi connectivity index (χ0v) is 15.3. The lowest BCUT2D eigenvalue weighted by molar-refractivity contribution is -0.152. The number of hydrogen-bond donors (Lipinski definition) is 1. The highest BCUT2D eigenvalue weighted by atomic mass is 16.5. The van der Waals surface area contributed by atoms with Crippen molar-refractivity contribution in [1.29, 1.82) is 0 Å². The van der Waals surface area contributed by atoms with Crippen LogP contribution in [0.5, 0.6) is 0 Å². The molecule has 1 aromatic carbocycles. The monoisotopic (exact) mass is 368 g/mol. The van der Waals surface area contributed by atoms with Gasteiger partial charge < -0.3 is 9.15 Å². The van der Waals surface area contributed by atoms with E-state index in [-0.39, 0.29) is 11.8 Å². The van der Waals surface area contributed by atoms with Crippen molar-refractivity contribution < 1.29 is 23.5 Å². The van der Waals surface area contributed by atoms with Crippen molar-refractivity contribution in [2.24, 2.45) is 11.8 Å². The molecule has 1 N–H and O–H groups in total. The molecule has 7 nitrogen and oxygen atoms in total. The summed E-state index contributed by atoms with van der Waals surface area (Å²) in [5, 5.41) is 3.22. The second kappa shape index (κ2) is 6.06. The quantitative estimate of drug-likeness (QED) is 0.656. The van der Waals surface area contributed by atoms with E-state index in [1.54, 1.807) is 19.3 Å². The number of benzene rings is 1. The molecule has 7 heteroatoms. The summed E-state index contributed by atoms with van der Waals surface area (Å²) in [4.78, 5) is 39.1. The van der Waals surface area contributed by atoms with Crippen LogP contribution in [0.15, 0.2) is 47.1 Å². The molecule has 2 saturated heterocycles. The maximum absolute atomic E-state index is 12.8. The molecular weight excluding hydrogens is 348 g/mol. The molecule has 0 saturated carbocycles. The third-order valence-corrected chi connectivity index (χ3v) is 5.67. The van der Waals surface area contributed by atoms with Gasteiger partial charge in [0.25, 0.3) is 0 Å². The van der Waals surface area contributed by atoms with Gasteiger partial charge in [0.05, 0.1) is 25.2 Å². The van der Waals surface area contributed by atoms with Crippen LogP contribution < -0.4 is 5.32 Å². The van der Waals surface area contributed by atoms with Gasteiger partial charge >= 0.3 is 5.97 Å². The number of rotatable bonds is 3. The Morgan fingerprint density at radius 3 is 2.67 bits per heavy atom. The van der Waals surface area contributed by atoms with Crippen molar-refractivity contribution in [3.8, 4) is 11.3 Å². The summed E-state index contributed by atoms with van der Waals surface area (Å²) < 4.78 is 10.4. The fourth-order valence-corrected chi connectivity index (χ4v) is 4.30. The second-order valence-electron chi connectivity index (χ2n) is 7.16. The molecule has 4 rings (SSSR count). The fraction of sp³-hybridized carbons (Fsp3) is 0.350. The molecule has 3 heterocycles. The van der Waals surface area contributed by atoms with Gasteiger partial charge in [-0.3, -0.25) is 24.6 Å². The highest BCUT2D eigenvalue weighted by Gasteiger charge is 2.66. The van der Waals surface area contributed by atoms with Crippen molar-refractivity contribution in [3.05, 3.63) is 48.2 Å². The largest absolute Gasteiger partial charge is 0.468 e. The van der Waals surface area contributed by atoms with Crippen LogP contribution in [0, 0.1) is 11.8 Å². The number of esters is 1. The predicted octanol–water partition coefficient (Wildman–Crippen LogP) is 1.75. The number of carbonyl (C=O) groups is 3. The summed E-state index contributed by atoms with van der Waals surface area (Å²) in [5.41, 5.74) is 0.387. The standard InChI is InChI=1S/C20H20N2O5/c1-20(19(25)26-3)15-14(17(23)22(2)18(15)24)16(21-20)12-7-4-6-11(10-12)13-8-5-9-27-13/h4-10,14-16,21H,1-3H3/t14-,15-,16-,20-/m0/s1. The molecule has 140 valence electrons. The lowest BCUT2D eigenvalue weighted by Crippen LogP contribution is -2.53. The summed E-state index contributed by atoms with van der Waals surface area (Å²) in [5.74, 6) is -1.99. The Kier molecular flexibility index (Phi) is 3.92. The molecule has 0 aliphatic carbocycles. The summed E-state index contributed by atoms with van der Waals surface area (Å²) in [7, 11) is 2.73. The number of nitrogens with one attached hydrogen (secondary N) is 1. The van der Waals surface area contributed by atoms with E-state index in [1.165, 1.54) is 14.2 Å². The van der Waals surface area contributed by atoms with Gasteiger partial charge in [-0.25, -0.2) is 0 Å². The SMILES string of the molecule is COC(=O)[C@@]1(C)N[C@@H](c2cccc(-c3ccco3)c2)[C@H]2C(=O)N(C)C(=O)[C@H]21. The van der Waals surface area contributed by atoms with E-state index in [0.717, 1.165) is 16.0 Å². The number of carbonyl (C=O) groups excluding carboxylic acids is 3. The molecule has 0 spiro atoms. The van der Waals surface area contributed by atoms with Gasteiger partial charge in [-0.1, -0.05) is 18.2 Å². The summed E-state index contributed by atoms with van der Waals surface area (Å²) >= 11 is 0. The summed E-state index contributed by atoms with van der Waals surface area (Å²) in [6, 6.07) is 10.7. The van der Waals surface area contributed by atoms with E-state index in [2.05, 4.69) is 5.32 Å². The van der Waals surface area contributed by atoms with Gasteiger partial charge in [0, 0.05) is 18.7 Å². The van der Waals surface area contributed by atoms with E-state index in [1.807, 2.05) is 30.3 Å². The number of methoxy groups -OCH3 is 1. The van der Waals surface area contributed by atoms with Crippen LogP contribution in [0.2, 0.25) is 0 Å². The van der Waals surface area contributed by atoms with Crippen LogP contribution in [0.4, 0.5) is 0 Å². The number of furan rings is 1. The lowest BCUT2D eigenvalue weighted by Gasteiger charge is -2.27. The Morgan fingerprint density at radius 1 is 1.22 bits per heavy atom. The van der Waals surface area contributed by atoms with Crippen molar-refractivity contribution >= 4 is 17.8 Å². The maximum atomic E-state index is 12.8. The first-order valence-corrected chi connectivity index (χ1v) is 8.70. The topological polar surface area (TPSA) is 88.8 Å². The van der Waals surface area contributed by atoms with Gasteiger partial charge in [-0.2, -0.15) is 0 Å². The zero-order chi connectivity index (χ0) is 19.3.